The van der Waals surface area contributed by atoms with Crippen LogP contribution in [-0.4, -0.2) is 38.0 Å². The highest BCUT2D eigenvalue weighted by molar-refractivity contribution is 5.75. The van der Waals surface area contributed by atoms with Crippen molar-refractivity contribution in [3.63, 3.8) is 0 Å². The second kappa shape index (κ2) is 7.01. The van der Waals surface area contributed by atoms with E-state index in [9.17, 15) is 9.18 Å². The van der Waals surface area contributed by atoms with Crippen LogP contribution in [0.2, 0.25) is 0 Å². The third-order valence-electron chi connectivity index (χ3n) is 2.52. The molecule has 94 valence electrons. The highest BCUT2D eigenvalue weighted by atomic mass is 19.1. The van der Waals surface area contributed by atoms with Gasteiger partial charge < -0.3 is 10.2 Å². The Morgan fingerprint density at radius 2 is 1.88 bits per heavy atom. The van der Waals surface area contributed by atoms with Gasteiger partial charge in [0.05, 0.1) is 0 Å². The summed E-state index contributed by atoms with van der Waals surface area (Å²) in [7, 11) is 3.50. The predicted molar refractivity (Wildman–Crippen MR) is 66.3 cm³/mol. The molecule has 4 heteroatoms. The average molecular weight is 238 g/mol. The lowest BCUT2D eigenvalue weighted by Crippen LogP contribution is -2.27. The maximum absolute atomic E-state index is 12.6. The van der Waals surface area contributed by atoms with Crippen molar-refractivity contribution in [2.24, 2.45) is 0 Å². The van der Waals surface area contributed by atoms with Gasteiger partial charge in [-0.15, -0.1) is 0 Å². The molecule has 0 radical (unpaired) electrons. The van der Waals surface area contributed by atoms with Gasteiger partial charge in [-0.25, -0.2) is 4.39 Å². The number of rotatable bonds is 6. The lowest BCUT2D eigenvalue weighted by Gasteiger charge is -2.10. The fourth-order valence-corrected chi connectivity index (χ4v) is 1.43. The summed E-state index contributed by atoms with van der Waals surface area (Å²) in [5, 5.41) is 3.19. The molecule has 1 aromatic carbocycles. The second-order valence-electron chi connectivity index (χ2n) is 4.16. The molecule has 1 N–H and O–H groups in total. The molecule has 0 saturated heterocycles. The molecule has 0 bridgehead atoms. The van der Waals surface area contributed by atoms with Gasteiger partial charge in [-0.05, 0) is 30.7 Å². The molecule has 0 aliphatic heterocycles. The smallest absolute Gasteiger partial charge is 0.223 e. The van der Waals surface area contributed by atoms with Gasteiger partial charge in [-0.2, -0.15) is 0 Å². The molecule has 17 heavy (non-hydrogen) atoms. The minimum atomic E-state index is -0.210. The van der Waals surface area contributed by atoms with Crippen LogP contribution in [0.1, 0.15) is 12.0 Å². The molecule has 0 unspecified atom stereocenters. The number of halogens is 1. The summed E-state index contributed by atoms with van der Waals surface area (Å²) in [6.45, 7) is 1.48. The molecule has 0 fully saturated rings. The number of benzene rings is 1. The molecule has 0 atom stereocenters. The molecule has 0 aromatic heterocycles. The number of nitrogens with zero attached hydrogens (tertiary/aromatic N) is 1. The van der Waals surface area contributed by atoms with Crippen molar-refractivity contribution in [2.45, 2.75) is 12.8 Å². The van der Waals surface area contributed by atoms with Gasteiger partial charge in [-0.1, -0.05) is 12.1 Å². The highest BCUT2D eigenvalue weighted by Gasteiger charge is 2.02. The van der Waals surface area contributed by atoms with Gasteiger partial charge in [0, 0.05) is 27.1 Å². The zero-order valence-electron chi connectivity index (χ0n) is 10.4. The molecule has 0 spiro atoms. The SMILES string of the molecule is CN(C)C(=O)CCNCCc1ccc(F)cc1. The number of nitrogens with one attached hydrogen (secondary N) is 1. The van der Waals surface area contributed by atoms with E-state index in [1.165, 1.54) is 12.1 Å². The summed E-state index contributed by atoms with van der Waals surface area (Å²) in [5.74, 6) is -0.0856. The van der Waals surface area contributed by atoms with Crippen LogP contribution in [0, 0.1) is 5.82 Å². The lowest BCUT2D eigenvalue weighted by molar-refractivity contribution is -0.128. The maximum Gasteiger partial charge on any atom is 0.223 e. The highest BCUT2D eigenvalue weighted by Crippen LogP contribution is 2.02. The van der Waals surface area contributed by atoms with Gasteiger partial charge in [-0.3, -0.25) is 4.79 Å². The van der Waals surface area contributed by atoms with Crippen LogP contribution in [0.15, 0.2) is 24.3 Å². The first-order chi connectivity index (χ1) is 8.09. The predicted octanol–water partition coefficient (Wildman–Crippen LogP) is 1.44. The molecule has 0 heterocycles. The monoisotopic (exact) mass is 238 g/mol. The maximum atomic E-state index is 12.6. The van der Waals surface area contributed by atoms with Crippen molar-refractivity contribution >= 4 is 5.91 Å². The molecule has 1 aromatic rings. The van der Waals surface area contributed by atoms with Crippen molar-refractivity contribution in [2.75, 3.05) is 27.2 Å². The Balaban J connectivity index is 2.12. The summed E-state index contributed by atoms with van der Waals surface area (Å²) >= 11 is 0. The van der Waals surface area contributed by atoms with E-state index in [4.69, 9.17) is 0 Å². The first-order valence-corrected chi connectivity index (χ1v) is 5.75. The second-order valence-corrected chi connectivity index (χ2v) is 4.16. The molecule has 0 aliphatic carbocycles. The Labute approximate surface area is 102 Å². The van der Waals surface area contributed by atoms with Crippen molar-refractivity contribution < 1.29 is 9.18 Å². The third kappa shape index (κ3) is 5.45. The number of hydrogen-bond acceptors (Lipinski definition) is 2. The van der Waals surface area contributed by atoms with E-state index in [1.807, 2.05) is 0 Å². The third-order valence-corrected chi connectivity index (χ3v) is 2.52. The summed E-state index contributed by atoms with van der Waals surface area (Å²) in [6, 6.07) is 6.49. The molecular formula is C13H19FN2O. The summed E-state index contributed by atoms with van der Waals surface area (Å²) in [4.78, 5) is 12.8. The Bertz CT molecular complexity index is 349. The average Bonchev–Trinajstić information content (AvgIpc) is 2.30. The fraction of sp³-hybridized carbons (Fsp3) is 0.462. The number of hydrogen-bond donors (Lipinski definition) is 1. The van der Waals surface area contributed by atoms with Crippen LogP contribution >= 0.6 is 0 Å². The van der Waals surface area contributed by atoms with Gasteiger partial charge in [0.1, 0.15) is 5.82 Å². The Hall–Kier alpha value is -1.42. The van der Waals surface area contributed by atoms with Crippen molar-refractivity contribution in [3.05, 3.63) is 35.6 Å². The Morgan fingerprint density at radius 1 is 1.24 bits per heavy atom. The lowest BCUT2D eigenvalue weighted by atomic mass is 10.1. The van der Waals surface area contributed by atoms with E-state index in [1.54, 1.807) is 31.1 Å². The van der Waals surface area contributed by atoms with Crippen LogP contribution in [0.25, 0.3) is 0 Å². The fourth-order valence-electron chi connectivity index (χ4n) is 1.43. The van der Waals surface area contributed by atoms with Crippen molar-refractivity contribution in [1.82, 2.24) is 10.2 Å². The molecule has 3 nitrogen and oxygen atoms in total. The van der Waals surface area contributed by atoms with E-state index in [-0.39, 0.29) is 11.7 Å². The van der Waals surface area contributed by atoms with E-state index >= 15 is 0 Å². The summed E-state index contributed by atoms with van der Waals surface area (Å²) in [6.07, 6.45) is 1.35. The van der Waals surface area contributed by atoms with Crippen LogP contribution in [0.5, 0.6) is 0 Å². The van der Waals surface area contributed by atoms with Crippen molar-refractivity contribution in [1.29, 1.82) is 0 Å². The number of carbonyl (C=O) groups excluding carboxylic acids is 1. The standard InChI is InChI=1S/C13H19FN2O/c1-16(2)13(17)8-10-15-9-7-11-3-5-12(14)6-4-11/h3-6,15H,7-10H2,1-2H3. The van der Waals surface area contributed by atoms with Crippen LogP contribution in [-0.2, 0) is 11.2 Å². The first-order valence-electron chi connectivity index (χ1n) is 5.75. The minimum Gasteiger partial charge on any atom is -0.349 e. The summed E-state index contributed by atoms with van der Waals surface area (Å²) in [5.41, 5.74) is 1.10. The zero-order valence-corrected chi connectivity index (χ0v) is 10.4. The normalized spacial score (nSPS) is 10.3. The molecule has 0 aliphatic rings. The van der Waals surface area contributed by atoms with E-state index in [0.717, 1.165) is 18.5 Å². The molecule has 1 rings (SSSR count). The number of amides is 1. The zero-order chi connectivity index (χ0) is 12.7. The topological polar surface area (TPSA) is 32.3 Å². The molecule has 0 saturated carbocycles. The Kier molecular flexibility index (Phi) is 5.63. The first kappa shape index (κ1) is 13.6. The van der Waals surface area contributed by atoms with Gasteiger partial charge in [0.15, 0.2) is 0 Å². The van der Waals surface area contributed by atoms with E-state index in [2.05, 4.69) is 5.32 Å². The van der Waals surface area contributed by atoms with Gasteiger partial charge >= 0.3 is 0 Å². The largest absolute Gasteiger partial charge is 0.349 e. The minimum absolute atomic E-state index is 0.124. The molecule has 1 amide bonds. The van der Waals surface area contributed by atoms with Crippen LogP contribution in [0.3, 0.4) is 0 Å². The van der Waals surface area contributed by atoms with Gasteiger partial charge in [0.2, 0.25) is 5.91 Å². The molecular weight excluding hydrogens is 219 g/mol. The van der Waals surface area contributed by atoms with Crippen molar-refractivity contribution in [3.8, 4) is 0 Å². The quantitative estimate of drug-likeness (QED) is 0.761. The van der Waals surface area contributed by atoms with E-state index in [0.29, 0.717) is 13.0 Å². The van der Waals surface area contributed by atoms with E-state index < -0.39 is 0 Å². The van der Waals surface area contributed by atoms with Crippen LogP contribution < -0.4 is 5.32 Å². The Morgan fingerprint density at radius 3 is 2.47 bits per heavy atom. The summed E-state index contributed by atoms with van der Waals surface area (Å²) < 4.78 is 12.6. The van der Waals surface area contributed by atoms with Gasteiger partial charge in [0.25, 0.3) is 0 Å². The number of carbonyl (C=O) groups is 1. The van der Waals surface area contributed by atoms with Crippen LogP contribution in [0.4, 0.5) is 4.39 Å².